The molecule has 0 aliphatic heterocycles. The first-order valence-electron chi connectivity index (χ1n) is 5.70. The molecule has 17 heavy (non-hydrogen) atoms. The maximum absolute atomic E-state index is 11.4. The molecule has 94 valence electrons. The lowest BCUT2D eigenvalue weighted by molar-refractivity contribution is -0.123. The summed E-state index contributed by atoms with van der Waals surface area (Å²) in [7, 11) is 0. The molecule has 0 saturated carbocycles. The largest absolute Gasteiger partial charge is 0.483 e. The Bertz CT molecular complexity index is 375. The average Bonchev–Trinajstić information content (AvgIpc) is 2.25. The van der Waals surface area contributed by atoms with Gasteiger partial charge in [0.2, 0.25) is 0 Å². The van der Waals surface area contributed by atoms with Crippen molar-refractivity contribution in [3.05, 3.63) is 29.8 Å². The molecule has 0 heterocycles. The third-order valence-electron chi connectivity index (χ3n) is 2.18. The number of aliphatic hydroxyl groups excluding tert-OH is 1. The van der Waals surface area contributed by atoms with Crippen LogP contribution in [0.25, 0.3) is 0 Å². The van der Waals surface area contributed by atoms with E-state index in [9.17, 15) is 9.90 Å². The van der Waals surface area contributed by atoms with Crippen LogP contribution < -0.4 is 10.1 Å². The minimum absolute atomic E-state index is 0.0398. The van der Waals surface area contributed by atoms with Gasteiger partial charge >= 0.3 is 0 Å². The summed E-state index contributed by atoms with van der Waals surface area (Å²) in [4.78, 5) is 11.4. The standard InChI is InChI=1S/C13H19NO3/c1-9(2)14-13(16)8-17-12-7-5-4-6-11(12)10(3)15/h4-7,9-10,15H,8H2,1-3H3,(H,14,16)/t10-/m1/s1. The quantitative estimate of drug-likeness (QED) is 0.818. The molecule has 1 aromatic carbocycles. The highest BCUT2D eigenvalue weighted by atomic mass is 16.5. The monoisotopic (exact) mass is 237 g/mol. The molecule has 4 nitrogen and oxygen atoms in total. The topological polar surface area (TPSA) is 58.6 Å². The second-order valence-electron chi connectivity index (χ2n) is 4.22. The van der Waals surface area contributed by atoms with Crippen LogP contribution in [0.5, 0.6) is 5.75 Å². The van der Waals surface area contributed by atoms with E-state index in [1.165, 1.54) is 0 Å². The van der Waals surface area contributed by atoms with Crippen molar-refractivity contribution in [2.45, 2.75) is 32.9 Å². The number of hydrogen-bond acceptors (Lipinski definition) is 3. The van der Waals surface area contributed by atoms with Crippen LogP contribution in [0.4, 0.5) is 0 Å². The Labute approximate surface area is 102 Å². The maximum atomic E-state index is 11.4. The number of ether oxygens (including phenoxy) is 1. The molecule has 2 N–H and O–H groups in total. The van der Waals surface area contributed by atoms with Gasteiger partial charge in [0.15, 0.2) is 6.61 Å². The van der Waals surface area contributed by atoms with Gasteiger partial charge in [0.05, 0.1) is 6.10 Å². The molecule has 4 heteroatoms. The van der Waals surface area contributed by atoms with Gasteiger partial charge in [0, 0.05) is 11.6 Å². The molecule has 1 rings (SSSR count). The van der Waals surface area contributed by atoms with Crippen LogP contribution in [-0.2, 0) is 4.79 Å². The first-order chi connectivity index (χ1) is 8.00. The minimum Gasteiger partial charge on any atom is -0.483 e. The number of para-hydroxylation sites is 1. The predicted octanol–water partition coefficient (Wildman–Crippen LogP) is 1.64. The third kappa shape index (κ3) is 4.44. The molecule has 0 spiro atoms. The fourth-order valence-corrected chi connectivity index (χ4v) is 1.46. The summed E-state index contributed by atoms with van der Waals surface area (Å²) in [5, 5.41) is 12.3. The SMILES string of the molecule is CC(C)NC(=O)COc1ccccc1[C@@H](C)O. The highest BCUT2D eigenvalue weighted by molar-refractivity contribution is 5.77. The van der Waals surface area contributed by atoms with Crippen molar-refractivity contribution >= 4 is 5.91 Å². The van der Waals surface area contributed by atoms with E-state index in [-0.39, 0.29) is 18.6 Å². The molecule has 0 saturated heterocycles. The van der Waals surface area contributed by atoms with Gasteiger partial charge in [0.25, 0.3) is 5.91 Å². The Balaban J connectivity index is 2.60. The normalized spacial score (nSPS) is 12.3. The first-order valence-corrected chi connectivity index (χ1v) is 5.70. The molecule has 0 radical (unpaired) electrons. The molecule has 0 bridgehead atoms. The van der Waals surface area contributed by atoms with Gasteiger partial charge < -0.3 is 15.2 Å². The summed E-state index contributed by atoms with van der Waals surface area (Å²) in [6, 6.07) is 7.24. The smallest absolute Gasteiger partial charge is 0.258 e. The molecule has 1 amide bonds. The zero-order valence-corrected chi connectivity index (χ0v) is 10.4. The first kappa shape index (κ1) is 13.5. The Morgan fingerprint density at radius 2 is 2.00 bits per heavy atom. The van der Waals surface area contributed by atoms with Gasteiger partial charge in [0.1, 0.15) is 5.75 Å². The molecule has 0 aromatic heterocycles. The lowest BCUT2D eigenvalue weighted by Crippen LogP contribution is -2.34. The molecule has 0 fully saturated rings. The molecule has 0 aliphatic rings. The lowest BCUT2D eigenvalue weighted by Gasteiger charge is -2.14. The highest BCUT2D eigenvalue weighted by Crippen LogP contribution is 2.24. The number of hydrogen-bond donors (Lipinski definition) is 2. The van der Waals surface area contributed by atoms with Crippen LogP contribution in [0.2, 0.25) is 0 Å². The molecular formula is C13H19NO3. The summed E-state index contributed by atoms with van der Waals surface area (Å²) in [6.45, 7) is 5.40. The van der Waals surface area contributed by atoms with Crippen LogP contribution in [0, 0.1) is 0 Å². The van der Waals surface area contributed by atoms with Crippen LogP contribution in [0.1, 0.15) is 32.4 Å². The molecule has 0 unspecified atom stereocenters. The zero-order valence-electron chi connectivity index (χ0n) is 10.4. The number of carbonyl (C=O) groups excluding carboxylic acids is 1. The van der Waals surface area contributed by atoms with Gasteiger partial charge in [-0.05, 0) is 26.8 Å². The third-order valence-corrected chi connectivity index (χ3v) is 2.18. The van der Waals surface area contributed by atoms with E-state index in [4.69, 9.17) is 4.74 Å². The number of amides is 1. The van der Waals surface area contributed by atoms with E-state index in [1.54, 1.807) is 19.1 Å². The molecule has 1 aromatic rings. The van der Waals surface area contributed by atoms with Crippen molar-refractivity contribution in [2.75, 3.05) is 6.61 Å². The van der Waals surface area contributed by atoms with Crippen molar-refractivity contribution in [3.63, 3.8) is 0 Å². The van der Waals surface area contributed by atoms with Crippen LogP contribution in [0.15, 0.2) is 24.3 Å². The fourth-order valence-electron chi connectivity index (χ4n) is 1.46. The summed E-state index contributed by atoms with van der Waals surface area (Å²) in [5.41, 5.74) is 0.685. The summed E-state index contributed by atoms with van der Waals surface area (Å²) >= 11 is 0. The van der Waals surface area contributed by atoms with E-state index >= 15 is 0 Å². The zero-order chi connectivity index (χ0) is 12.8. The second-order valence-corrected chi connectivity index (χ2v) is 4.22. The van der Waals surface area contributed by atoms with Crippen molar-refractivity contribution in [3.8, 4) is 5.75 Å². The predicted molar refractivity (Wildman–Crippen MR) is 65.8 cm³/mol. The van der Waals surface area contributed by atoms with Crippen LogP contribution >= 0.6 is 0 Å². The minimum atomic E-state index is -0.612. The summed E-state index contributed by atoms with van der Waals surface area (Å²) in [6.07, 6.45) is -0.612. The van der Waals surface area contributed by atoms with Gasteiger partial charge in [-0.1, -0.05) is 18.2 Å². The highest BCUT2D eigenvalue weighted by Gasteiger charge is 2.10. The van der Waals surface area contributed by atoms with Gasteiger partial charge in [-0.25, -0.2) is 0 Å². The molecule has 0 aliphatic carbocycles. The van der Waals surface area contributed by atoms with Gasteiger partial charge in [-0.15, -0.1) is 0 Å². The van der Waals surface area contributed by atoms with Crippen molar-refractivity contribution < 1.29 is 14.6 Å². The van der Waals surface area contributed by atoms with E-state index in [1.807, 2.05) is 26.0 Å². The number of benzene rings is 1. The van der Waals surface area contributed by atoms with E-state index < -0.39 is 6.10 Å². The van der Waals surface area contributed by atoms with E-state index in [2.05, 4.69) is 5.32 Å². The number of rotatable bonds is 5. The Kier molecular flexibility index (Phi) is 4.97. The van der Waals surface area contributed by atoms with E-state index in [0.717, 1.165) is 0 Å². The maximum Gasteiger partial charge on any atom is 0.258 e. The Hall–Kier alpha value is -1.55. The number of aliphatic hydroxyl groups is 1. The summed E-state index contributed by atoms with van der Waals surface area (Å²) in [5.74, 6) is 0.377. The number of carbonyl (C=O) groups is 1. The molecular weight excluding hydrogens is 218 g/mol. The lowest BCUT2D eigenvalue weighted by atomic mass is 10.1. The second kappa shape index (κ2) is 6.25. The van der Waals surface area contributed by atoms with Crippen molar-refractivity contribution in [1.29, 1.82) is 0 Å². The number of nitrogens with one attached hydrogen (secondary N) is 1. The van der Waals surface area contributed by atoms with Gasteiger partial charge in [-0.3, -0.25) is 4.79 Å². The van der Waals surface area contributed by atoms with Crippen molar-refractivity contribution in [2.24, 2.45) is 0 Å². The molecule has 1 atom stereocenters. The Morgan fingerprint density at radius 3 is 2.59 bits per heavy atom. The van der Waals surface area contributed by atoms with Crippen LogP contribution in [-0.4, -0.2) is 23.7 Å². The summed E-state index contributed by atoms with van der Waals surface area (Å²) < 4.78 is 5.39. The Morgan fingerprint density at radius 1 is 1.35 bits per heavy atom. The van der Waals surface area contributed by atoms with Crippen LogP contribution in [0.3, 0.4) is 0 Å². The van der Waals surface area contributed by atoms with Gasteiger partial charge in [-0.2, -0.15) is 0 Å². The fraction of sp³-hybridized carbons (Fsp3) is 0.462. The van der Waals surface area contributed by atoms with E-state index in [0.29, 0.717) is 11.3 Å². The average molecular weight is 237 g/mol. The van der Waals surface area contributed by atoms with Crippen molar-refractivity contribution in [1.82, 2.24) is 5.32 Å².